The summed E-state index contributed by atoms with van der Waals surface area (Å²) in [5, 5.41) is 0. The minimum Gasteiger partial charge on any atom is -0.336 e. The van der Waals surface area contributed by atoms with E-state index in [-0.39, 0.29) is 37.0 Å². The highest BCUT2D eigenvalue weighted by Crippen LogP contribution is 2.37. The molecule has 0 atom stereocenters. The van der Waals surface area contributed by atoms with E-state index in [9.17, 15) is 26.4 Å². The number of rotatable bonds is 5. The van der Waals surface area contributed by atoms with Crippen LogP contribution >= 0.6 is 0 Å². The van der Waals surface area contributed by atoms with E-state index >= 15 is 0 Å². The highest BCUT2D eigenvalue weighted by molar-refractivity contribution is 7.89. The van der Waals surface area contributed by atoms with Gasteiger partial charge in [0.05, 0.1) is 10.5 Å². The average molecular weight is 473 g/mol. The second-order valence-corrected chi connectivity index (χ2v) is 11.2. The van der Waals surface area contributed by atoms with Gasteiger partial charge in [0.2, 0.25) is 15.9 Å². The van der Waals surface area contributed by atoms with Crippen molar-refractivity contribution in [1.29, 1.82) is 0 Å². The second kappa shape index (κ2) is 9.33. The number of amides is 1. The van der Waals surface area contributed by atoms with Gasteiger partial charge in [0.25, 0.3) is 0 Å². The standard InChI is InChI=1S/C23H31F3N2O3S/c24-23(25,26)20-11-5-6-12-21(20)32(30,31)27-15-13-17(14-16-27)22(29)28(18-7-1-2-8-18)19-9-3-4-10-19/h5-6,11-12,17-19H,1-4,7-10,13-16H2. The van der Waals surface area contributed by atoms with Gasteiger partial charge < -0.3 is 4.90 Å². The monoisotopic (exact) mass is 472 g/mol. The van der Waals surface area contributed by atoms with Crippen LogP contribution in [0.3, 0.4) is 0 Å². The third-order valence-corrected chi connectivity index (χ3v) is 9.26. The molecule has 2 aliphatic carbocycles. The first-order chi connectivity index (χ1) is 15.2. The Balaban J connectivity index is 1.47. The van der Waals surface area contributed by atoms with Gasteiger partial charge in [0.1, 0.15) is 0 Å². The van der Waals surface area contributed by atoms with Crippen LogP contribution in [0, 0.1) is 5.92 Å². The molecule has 3 fully saturated rings. The van der Waals surface area contributed by atoms with Crippen molar-refractivity contribution in [3.63, 3.8) is 0 Å². The first kappa shape index (κ1) is 23.5. The number of alkyl halides is 3. The zero-order valence-corrected chi connectivity index (χ0v) is 19.0. The molecule has 0 N–H and O–H groups in total. The van der Waals surface area contributed by atoms with Crippen molar-refractivity contribution in [3.8, 4) is 0 Å². The van der Waals surface area contributed by atoms with Crippen LogP contribution in [0.15, 0.2) is 29.2 Å². The van der Waals surface area contributed by atoms with Gasteiger partial charge in [-0.25, -0.2) is 8.42 Å². The molecule has 178 valence electrons. The van der Waals surface area contributed by atoms with Gasteiger partial charge in [-0.3, -0.25) is 4.79 Å². The number of piperidine rings is 1. The number of halogens is 3. The van der Waals surface area contributed by atoms with Crippen molar-refractivity contribution in [2.45, 2.75) is 87.4 Å². The summed E-state index contributed by atoms with van der Waals surface area (Å²) in [6.45, 7) is 0.127. The molecule has 4 rings (SSSR count). The van der Waals surface area contributed by atoms with Crippen molar-refractivity contribution < 1.29 is 26.4 Å². The lowest BCUT2D eigenvalue weighted by molar-refractivity contribution is -0.142. The Hall–Kier alpha value is -1.61. The van der Waals surface area contributed by atoms with Crippen LogP contribution in [0.4, 0.5) is 13.2 Å². The summed E-state index contributed by atoms with van der Waals surface area (Å²) < 4.78 is 67.2. The first-order valence-corrected chi connectivity index (χ1v) is 13.1. The average Bonchev–Trinajstić information content (AvgIpc) is 3.48. The van der Waals surface area contributed by atoms with E-state index in [1.165, 1.54) is 12.1 Å². The highest BCUT2D eigenvalue weighted by atomic mass is 32.2. The van der Waals surface area contributed by atoms with E-state index < -0.39 is 26.7 Å². The summed E-state index contributed by atoms with van der Waals surface area (Å²) in [4.78, 5) is 14.9. The summed E-state index contributed by atoms with van der Waals surface area (Å²) >= 11 is 0. The summed E-state index contributed by atoms with van der Waals surface area (Å²) in [7, 11) is -4.29. The van der Waals surface area contributed by atoms with Crippen LogP contribution in [0.1, 0.15) is 69.8 Å². The molecule has 9 heteroatoms. The van der Waals surface area contributed by atoms with E-state index in [4.69, 9.17) is 0 Å². The number of hydrogen-bond acceptors (Lipinski definition) is 3. The molecule has 0 bridgehead atoms. The lowest BCUT2D eigenvalue weighted by atomic mass is 9.94. The third-order valence-electron chi connectivity index (χ3n) is 7.30. The molecule has 1 aliphatic heterocycles. The number of carbonyl (C=O) groups excluding carboxylic acids is 1. The van der Waals surface area contributed by atoms with Gasteiger partial charge in [-0.05, 0) is 50.7 Å². The maximum Gasteiger partial charge on any atom is 0.417 e. The van der Waals surface area contributed by atoms with E-state index in [2.05, 4.69) is 4.90 Å². The Morgan fingerprint density at radius 1 is 0.875 bits per heavy atom. The molecule has 1 saturated heterocycles. The largest absolute Gasteiger partial charge is 0.417 e. The van der Waals surface area contributed by atoms with E-state index in [0.29, 0.717) is 12.8 Å². The van der Waals surface area contributed by atoms with Gasteiger partial charge in [-0.2, -0.15) is 17.5 Å². The van der Waals surface area contributed by atoms with Crippen LogP contribution in [0.5, 0.6) is 0 Å². The fourth-order valence-corrected chi connectivity index (χ4v) is 7.32. The lowest BCUT2D eigenvalue weighted by Gasteiger charge is -2.39. The van der Waals surface area contributed by atoms with Crippen LogP contribution in [-0.4, -0.2) is 48.7 Å². The molecule has 0 aromatic heterocycles. The molecule has 0 unspecified atom stereocenters. The first-order valence-electron chi connectivity index (χ1n) is 11.7. The second-order valence-electron chi connectivity index (χ2n) is 9.29. The van der Waals surface area contributed by atoms with Gasteiger partial charge in [0, 0.05) is 31.1 Å². The van der Waals surface area contributed by atoms with Gasteiger partial charge in [0.15, 0.2) is 0 Å². The molecule has 3 aliphatic rings. The normalized spacial score (nSPS) is 22.5. The summed E-state index contributed by atoms with van der Waals surface area (Å²) in [5.74, 6) is -0.142. The van der Waals surface area contributed by atoms with Gasteiger partial charge in [-0.1, -0.05) is 37.8 Å². The molecule has 1 aromatic carbocycles. The van der Waals surface area contributed by atoms with Crippen LogP contribution in [0.2, 0.25) is 0 Å². The van der Waals surface area contributed by atoms with E-state index in [1.54, 1.807) is 0 Å². The minimum absolute atomic E-state index is 0.0636. The smallest absolute Gasteiger partial charge is 0.336 e. The summed E-state index contributed by atoms with van der Waals surface area (Å²) in [6.07, 6.45) is 4.62. The van der Waals surface area contributed by atoms with Crippen molar-refractivity contribution >= 4 is 15.9 Å². The Labute approximate surface area is 188 Å². The van der Waals surface area contributed by atoms with Crippen LogP contribution < -0.4 is 0 Å². The van der Waals surface area contributed by atoms with Crippen LogP contribution in [0.25, 0.3) is 0 Å². The quantitative estimate of drug-likeness (QED) is 0.617. The van der Waals surface area contributed by atoms with Crippen LogP contribution in [-0.2, 0) is 21.0 Å². The van der Waals surface area contributed by atoms with E-state index in [1.807, 2.05) is 0 Å². The van der Waals surface area contributed by atoms with Gasteiger partial charge >= 0.3 is 6.18 Å². The third kappa shape index (κ3) is 4.69. The van der Waals surface area contributed by atoms with Crippen molar-refractivity contribution in [2.75, 3.05) is 13.1 Å². The Morgan fingerprint density at radius 3 is 1.88 bits per heavy atom. The predicted octanol–water partition coefficient (Wildman–Crippen LogP) is 4.82. The predicted molar refractivity (Wildman–Crippen MR) is 114 cm³/mol. The number of benzene rings is 1. The Morgan fingerprint density at radius 2 is 1.38 bits per heavy atom. The molecule has 32 heavy (non-hydrogen) atoms. The number of sulfonamides is 1. The SMILES string of the molecule is O=C(C1CCN(S(=O)(=O)c2ccccc2C(F)(F)F)CC1)N(C1CCCC1)C1CCCC1. The Kier molecular flexibility index (Phi) is 6.86. The Bertz CT molecular complexity index is 899. The minimum atomic E-state index is -4.75. The summed E-state index contributed by atoms with van der Waals surface area (Å²) in [6, 6.07) is 4.87. The molecular weight excluding hydrogens is 441 g/mol. The molecule has 1 aromatic rings. The highest BCUT2D eigenvalue weighted by Gasteiger charge is 2.42. The molecule has 0 radical (unpaired) electrons. The van der Waals surface area contributed by atoms with Crippen molar-refractivity contribution in [3.05, 3.63) is 29.8 Å². The molecule has 1 heterocycles. The molecule has 5 nitrogen and oxygen atoms in total. The fraction of sp³-hybridized carbons (Fsp3) is 0.696. The maximum atomic E-state index is 13.5. The zero-order valence-electron chi connectivity index (χ0n) is 18.2. The van der Waals surface area contributed by atoms with Crippen molar-refractivity contribution in [1.82, 2.24) is 9.21 Å². The molecular formula is C23H31F3N2O3S. The molecule has 1 amide bonds. The van der Waals surface area contributed by atoms with E-state index in [0.717, 1.165) is 67.8 Å². The maximum absolute atomic E-state index is 13.5. The number of hydrogen-bond donors (Lipinski definition) is 0. The van der Waals surface area contributed by atoms with Gasteiger partial charge in [-0.15, -0.1) is 0 Å². The zero-order chi connectivity index (χ0) is 22.9. The lowest BCUT2D eigenvalue weighted by Crippen LogP contribution is -2.50. The fourth-order valence-electron chi connectivity index (χ4n) is 5.64. The molecule has 0 spiro atoms. The number of nitrogens with zero attached hydrogens (tertiary/aromatic N) is 2. The summed E-state index contributed by atoms with van der Waals surface area (Å²) in [5.41, 5.74) is -1.15. The molecule has 2 saturated carbocycles. The topological polar surface area (TPSA) is 57.7 Å². The van der Waals surface area contributed by atoms with Crippen molar-refractivity contribution in [2.24, 2.45) is 5.92 Å². The number of carbonyl (C=O) groups is 1.